The number of aryl methyl sites for hydroxylation is 1. The van der Waals surface area contributed by atoms with Crippen molar-refractivity contribution in [2.24, 2.45) is 23.2 Å². The molecule has 4 atom stereocenters. The first-order valence-corrected chi connectivity index (χ1v) is 11.2. The number of nitrogens with zero attached hydrogens (tertiary/aromatic N) is 3. The van der Waals surface area contributed by atoms with Gasteiger partial charge in [-0.3, -0.25) is 14.6 Å². The minimum Gasteiger partial charge on any atom is -0.379 e. The molecular weight excluding hydrogens is 414 g/mol. The molecule has 8 heteroatoms. The lowest BCUT2D eigenvalue weighted by molar-refractivity contribution is -0.122. The molecule has 2 bridgehead atoms. The van der Waals surface area contributed by atoms with Crippen molar-refractivity contribution in [3.05, 3.63) is 51.2 Å². The molecule has 0 aromatic carbocycles. The third kappa shape index (κ3) is 4.07. The molecule has 3 aliphatic carbocycles. The van der Waals surface area contributed by atoms with Gasteiger partial charge in [0.05, 0.1) is 11.9 Å². The Hall–Kier alpha value is -2.41. The molecular formula is C23H30ClN5O2. The van der Waals surface area contributed by atoms with E-state index in [1.165, 1.54) is 6.42 Å². The van der Waals surface area contributed by atoms with E-state index in [1.807, 2.05) is 13.0 Å². The van der Waals surface area contributed by atoms with Gasteiger partial charge in [-0.2, -0.15) is 5.10 Å². The van der Waals surface area contributed by atoms with Crippen molar-refractivity contribution < 1.29 is 4.79 Å². The quantitative estimate of drug-likeness (QED) is 0.714. The van der Waals surface area contributed by atoms with Gasteiger partial charge in [0.15, 0.2) is 0 Å². The van der Waals surface area contributed by atoms with E-state index in [9.17, 15) is 9.59 Å². The van der Waals surface area contributed by atoms with Crippen molar-refractivity contribution in [2.45, 2.75) is 59.7 Å². The molecule has 7 nitrogen and oxygen atoms in total. The largest absolute Gasteiger partial charge is 0.379 e. The number of carbonyl (C=O) groups excluding carboxylic acids is 1. The highest BCUT2D eigenvalue weighted by Gasteiger charge is 2.56. The summed E-state index contributed by atoms with van der Waals surface area (Å²) in [6, 6.07) is 2.13. The number of amides is 1. The molecule has 0 radical (unpaired) electrons. The van der Waals surface area contributed by atoms with E-state index < -0.39 is 5.56 Å². The molecule has 2 heterocycles. The highest BCUT2D eigenvalue weighted by atomic mass is 35.5. The van der Waals surface area contributed by atoms with Gasteiger partial charge in [0, 0.05) is 25.0 Å². The molecule has 2 aromatic heterocycles. The van der Waals surface area contributed by atoms with Crippen molar-refractivity contribution in [3.8, 4) is 0 Å². The Bertz CT molecular complexity index is 1050. The third-order valence-electron chi connectivity index (χ3n) is 7.59. The van der Waals surface area contributed by atoms with E-state index in [0.29, 0.717) is 35.4 Å². The summed E-state index contributed by atoms with van der Waals surface area (Å²) in [5, 5.41) is 10.5. The molecule has 0 aliphatic heterocycles. The van der Waals surface area contributed by atoms with Crippen molar-refractivity contribution in [2.75, 3.05) is 5.32 Å². The average molecular weight is 444 g/mol. The first kappa shape index (κ1) is 21.8. The summed E-state index contributed by atoms with van der Waals surface area (Å²) in [5.74, 6) is 1.58. The lowest BCUT2D eigenvalue weighted by Crippen LogP contribution is -2.58. The summed E-state index contributed by atoms with van der Waals surface area (Å²) < 4.78 is 1.10. The summed E-state index contributed by atoms with van der Waals surface area (Å²) in [4.78, 5) is 29.1. The van der Waals surface area contributed by atoms with Crippen LogP contribution in [0, 0.1) is 30.1 Å². The zero-order valence-corrected chi connectivity index (χ0v) is 19.2. The van der Waals surface area contributed by atoms with E-state index >= 15 is 0 Å². The van der Waals surface area contributed by atoms with Crippen LogP contribution in [0.5, 0.6) is 0 Å². The predicted octanol–water partition coefficient (Wildman–Crippen LogP) is 3.40. The monoisotopic (exact) mass is 443 g/mol. The number of carbonyl (C=O) groups is 1. The molecule has 0 unspecified atom stereocenters. The standard InChI is InChI=1S/C23H30ClN5O2/c1-13-9-25-6-5-15(13)10-26-20(30)12-29-22(31)21(24)19(11-27-29)28-18-8-16-7-17(14(18)2)23(16,3)4/h5-6,9,11,14,16-18,28H,7-8,10,12H2,1-4H3,(H,26,30)/t14-,16-,17+,18-/m1/s1. The van der Waals surface area contributed by atoms with Gasteiger partial charge in [-0.1, -0.05) is 32.4 Å². The van der Waals surface area contributed by atoms with Gasteiger partial charge in [0.2, 0.25) is 5.91 Å². The molecule has 3 fully saturated rings. The number of fused-ring (bicyclic) bond motifs is 2. The Morgan fingerprint density at radius 3 is 2.77 bits per heavy atom. The molecule has 2 N–H and O–H groups in total. The molecule has 3 saturated carbocycles. The fourth-order valence-corrected chi connectivity index (χ4v) is 5.51. The van der Waals surface area contributed by atoms with Crippen LogP contribution in [0.1, 0.15) is 44.7 Å². The van der Waals surface area contributed by atoms with E-state index in [-0.39, 0.29) is 23.5 Å². The average Bonchev–Trinajstić information content (AvgIpc) is 2.73. The van der Waals surface area contributed by atoms with Crippen LogP contribution in [-0.2, 0) is 17.9 Å². The number of halogens is 1. The number of anilines is 1. The maximum atomic E-state index is 12.7. The van der Waals surface area contributed by atoms with Crippen LogP contribution < -0.4 is 16.2 Å². The molecule has 2 aromatic rings. The SMILES string of the molecule is Cc1cnccc1CNC(=O)Cn1ncc(N[C@@H]2C[C@H]3C[C@@H]([C@H]2C)C3(C)C)c(Cl)c1=O. The van der Waals surface area contributed by atoms with Crippen molar-refractivity contribution >= 4 is 23.2 Å². The second-order valence-electron chi connectivity index (χ2n) is 9.62. The van der Waals surface area contributed by atoms with Gasteiger partial charge >= 0.3 is 0 Å². The maximum absolute atomic E-state index is 12.7. The Balaban J connectivity index is 1.39. The van der Waals surface area contributed by atoms with Crippen LogP contribution in [0.3, 0.4) is 0 Å². The van der Waals surface area contributed by atoms with Crippen LogP contribution in [0.2, 0.25) is 5.02 Å². The van der Waals surface area contributed by atoms with Crippen LogP contribution in [0.15, 0.2) is 29.5 Å². The van der Waals surface area contributed by atoms with Gasteiger partial charge < -0.3 is 10.6 Å². The van der Waals surface area contributed by atoms with Crippen LogP contribution in [0.4, 0.5) is 5.69 Å². The Labute approximate surface area is 187 Å². The minimum absolute atomic E-state index is 0.0819. The van der Waals surface area contributed by atoms with Gasteiger partial charge in [-0.15, -0.1) is 0 Å². The molecule has 0 saturated heterocycles. The molecule has 31 heavy (non-hydrogen) atoms. The van der Waals surface area contributed by atoms with Crippen molar-refractivity contribution in [1.29, 1.82) is 0 Å². The van der Waals surface area contributed by atoms with Crippen LogP contribution in [-0.4, -0.2) is 26.7 Å². The Morgan fingerprint density at radius 2 is 2.10 bits per heavy atom. The summed E-state index contributed by atoms with van der Waals surface area (Å²) in [5.41, 5.74) is 2.45. The highest BCUT2D eigenvalue weighted by Crippen LogP contribution is 2.61. The van der Waals surface area contributed by atoms with E-state index in [2.05, 4.69) is 41.5 Å². The summed E-state index contributed by atoms with van der Waals surface area (Å²) in [6.45, 7) is 9.11. The van der Waals surface area contributed by atoms with Gasteiger partial charge in [0.1, 0.15) is 11.6 Å². The predicted molar refractivity (Wildman–Crippen MR) is 121 cm³/mol. The summed E-state index contributed by atoms with van der Waals surface area (Å²) >= 11 is 6.37. The summed E-state index contributed by atoms with van der Waals surface area (Å²) in [7, 11) is 0. The second kappa shape index (κ2) is 8.26. The van der Waals surface area contributed by atoms with Crippen LogP contribution >= 0.6 is 11.6 Å². The van der Waals surface area contributed by atoms with E-state index in [0.717, 1.165) is 22.2 Å². The fraction of sp³-hybridized carbons (Fsp3) is 0.565. The number of aromatic nitrogens is 3. The van der Waals surface area contributed by atoms with Gasteiger partial charge in [-0.05, 0) is 60.1 Å². The Morgan fingerprint density at radius 1 is 1.32 bits per heavy atom. The topological polar surface area (TPSA) is 88.9 Å². The zero-order valence-electron chi connectivity index (χ0n) is 18.5. The van der Waals surface area contributed by atoms with Crippen LogP contribution in [0.25, 0.3) is 0 Å². The van der Waals surface area contributed by atoms with Crippen molar-refractivity contribution in [3.63, 3.8) is 0 Å². The first-order valence-electron chi connectivity index (χ1n) is 10.9. The molecule has 3 aliphatic rings. The number of pyridine rings is 1. The third-order valence-corrected chi connectivity index (χ3v) is 7.95. The number of hydrogen-bond donors (Lipinski definition) is 2. The van der Waals surface area contributed by atoms with Crippen molar-refractivity contribution in [1.82, 2.24) is 20.1 Å². The molecule has 5 rings (SSSR count). The minimum atomic E-state index is -0.462. The zero-order chi connectivity index (χ0) is 22.3. The fourth-order valence-electron chi connectivity index (χ4n) is 5.30. The number of nitrogens with one attached hydrogen (secondary N) is 2. The lowest BCUT2D eigenvalue weighted by Gasteiger charge is -2.62. The normalized spacial score (nSPS) is 26.1. The molecule has 0 spiro atoms. The smallest absolute Gasteiger partial charge is 0.288 e. The van der Waals surface area contributed by atoms with E-state index in [4.69, 9.17) is 11.6 Å². The first-order chi connectivity index (χ1) is 14.7. The molecule has 1 amide bonds. The molecule has 166 valence electrons. The van der Waals surface area contributed by atoms with Gasteiger partial charge in [0.25, 0.3) is 5.56 Å². The van der Waals surface area contributed by atoms with E-state index in [1.54, 1.807) is 18.6 Å². The Kier molecular flexibility index (Phi) is 5.81. The summed E-state index contributed by atoms with van der Waals surface area (Å²) in [6.07, 6.45) is 7.34. The lowest BCUT2D eigenvalue weighted by atomic mass is 9.45. The maximum Gasteiger partial charge on any atom is 0.288 e. The van der Waals surface area contributed by atoms with Gasteiger partial charge in [-0.25, -0.2) is 4.68 Å². The highest BCUT2D eigenvalue weighted by molar-refractivity contribution is 6.32. The second-order valence-corrected chi connectivity index (χ2v) is 10.00. The number of rotatable bonds is 6. The number of hydrogen-bond acceptors (Lipinski definition) is 5.